The first-order valence-electron chi connectivity index (χ1n) is 14.0. The van der Waals surface area contributed by atoms with Crippen LogP contribution in [0.15, 0.2) is 54.6 Å². The van der Waals surface area contributed by atoms with Gasteiger partial charge in [0.25, 0.3) is 0 Å². The number of carbonyl (C=O) groups excluding carboxylic acids is 1. The summed E-state index contributed by atoms with van der Waals surface area (Å²) >= 11 is 0. The van der Waals surface area contributed by atoms with Crippen molar-refractivity contribution in [2.24, 2.45) is 0 Å². The molecule has 34 heavy (non-hydrogen) atoms. The van der Waals surface area contributed by atoms with E-state index >= 15 is 0 Å². The summed E-state index contributed by atoms with van der Waals surface area (Å²) < 4.78 is 6.08. The van der Waals surface area contributed by atoms with E-state index in [4.69, 9.17) is 4.74 Å². The van der Waals surface area contributed by atoms with Gasteiger partial charge in [0.15, 0.2) is 5.60 Å². The zero-order chi connectivity index (χ0) is 24.3. The number of benzene rings is 1. The smallest absolute Gasteiger partial charge is 0.201 e. The fraction of sp³-hybridized carbons (Fsp3) is 0.645. The van der Waals surface area contributed by atoms with Crippen LogP contribution in [0.25, 0.3) is 0 Å². The minimum Gasteiger partial charge on any atom is -0.385 e. The predicted molar refractivity (Wildman–Crippen MR) is 143 cm³/mol. The SMILES string of the molecule is CCCCCCCCCCCCCCCCCCOC1(C(=O)c2ccccc2)C=CC=CC1O. The third-order valence-electron chi connectivity index (χ3n) is 6.92. The van der Waals surface area contributed by atoms with Gasteiger partial charge in [-0.25, -0.2) is 0 Å². The van der Waals surface area contributed by atoms with Crippen molar-refractivity contribution in [3.05, 3.63) is 60.2 Å². The second-order valence-electron chi connectivity index (χ2n) is 9.83. The highest BCUT2D eigenvalue weighted by atomic mass is 16.5. The number of hydrogen-bond donors (Lipinski definition) is 1. The van der Waals surface area contributed by atoms with Crippen molar-refractivity contribution in [1.82, 2.24) is 0 Å². The number of aliphatic hydroxyl groups excluding tert-OH is 1. The third-order valence-corrected chi connectivity index (χ3v) is 6.92. The quantitative estimate of drug-likeness (QED) is 0.154. The molecule has 0 heterocycles. The highest BCUT2D eigenvalue weighted by molar-refractivity contribution is 6.04. The topological polar surface area (TPSA) is 46.5 Å². The van der Waals surface area contributed by atoms with E-state index < -0.39 is 11.7 Å². The second kappa shape index (κ2) is 17.7. The van der Waals surface area contributed by atoms with E-state index in [0.29, 0.717) is 12.2 Å². The number of unbranched alkanes of at least 4 members (excludes halogenated alkanes) is 15. The molecule has 1 aromatic carbocycles. The molecule has 3 heteroatoms. The number of aliphatic hydroxyl groups is 1. The summed E-state index contributed by atoms with van der Waals surface area (Å²) in [5, 5.41) is 10.6. The van der Waals surface area contributed by atoms with Crippen molar-refractivity contribution in [3.63, 3.8) is 0 Å². The molecule has 190 valence electrons. The van der Waals surface area contributed by atoms with Gasteiger partial charge < -0.3 is 9.84 Å². The third kappa shape index (κ3) is 10.3. The highest BCUT2D eigenvalue weighted by Crippen LogP contribution is 2.28. The van der Waals surface area contributed by atoms with Gasteiger partial charge in [0.05, 0.1) is 0 Å². The van der Waals surface area contributed by atoms with E-state index in [-0.39, 0.29) is 5.78 Å². The molecule has 0 aliphatic heterocycles. The molecule has 1 aliphatic rings. The van der Waals surface area contributed by atoms with E-state index in [0.717, 1.165) is 12.8 Å². The van der Waals surface area contributed by atoms with E-state index in [1.165, 1.54) is 89.9 Å². The van der Waals surface area contributed by atoms with Crippen LogP contribution in [0, 0.1) is 0 Å². The lowest BCUT2D eigenvalue weighted by atomic mass is 9.84. The molecular weight excluding hydrogens is 420 g/mol. The molecule has 0 saturated carbocycles. The van der Waals surface area contributed by atoms with Crippen LogP contribution >= 0.6 is 0 Å². The lowest BCUT2D eigenvalue weighted by molar-refractivity contribution is -0.0540. The maximum absolute atomic E-state index is 13.2. The number of rotatable bonds is 20. The van der Waals surface area contributed by atoms with Crippen molar-refractivity contribution in [3.8, 4) is 0 Å². The first-order chi connectivity index (χ1) is 16.7. The number of carbonyl (C=O) groups is 1. The predicted octanol–water partition coefficient (Wildman–Crippen LogP) is 8.37. The van der Waals surface area contributed by atoms with Crippen LogP contribution in [0.3, 0.4) is 0 Å². The van der Waals surface area contributed by atoms with Gasteiger partial charge in [-0.15, -0.1) is 0 Å². The van der Waals surface area contributed by atoms with Gasteiger partial charge in [-0.3, -0.25) is 4.79 Å². The number of Topliss-reactive ketones (excluding diaryl/α,β-unsaturated/α-hetero) is 1. The molecule has 0 fully saturated rings. The molecule has 0 amide bonds. The van der Waals surface area contributed by atoms with Gasteiger partial charge in [0.1, 0.15) is 6.10 Å². The van der Waals surface area contributed by atoms with Crippen LogP contribution in [-0.4, -0.2) is 29.2 Å². The normalized spacial score (nSPS) is 19.5. The summed E-state index contributed by atoms with van der Waals surface area (Å²) in [6.45, 7) is 2.76. The Bertz CT molecular complexity index is 709. The summed E-state index contributed by atoms with van der Waals surface area (Å²) in [6, 6.07) is 9.12. The molecule has 0 bridgehead atoms. The average molecular weight is 469 g/mol. The number of hydrogen-bond acceptors (Lipinski definition) is 3. The molecule has 0 aromatic heterocycles. The monoisotopic (exact) mass is 468 g/mol. The van der Waals surface area contributed by atoms with Crippen LogP contribution in [0.1, 0.15) is 120 Å². The van der Waals surface area contributed by atoms with Crippen LogP contribution in [0.2, 0.25) is 0 Å². The zero-order valence-electron chi connectivity index (χ0n) is 21.6. The highest BCUT2D eigenvalue weighted by Gasteiger charge is 2.44. The van der Waals surface area contributed by atoms with Crippen molar-refractivity contribution in [2.45, 2.75) is 121 Å². The van der Waals surface area contributed by atoms with Gasteiger partial charge in [-0.1, -0.05) is 152 Å². The second-order valence-corrected chi connectivity index (χ2v) is 9.83. The lowest BCUT2D eigenvalue weighted by Crippen LogP contribution is -2.50. The molecule has 0 radical (unpaired) electrons. The van der Waals surface area contributed by atoms with Gasteiger partial charge in [0.2, 0.25) is 5.78 Å². The maximum atomic E-state index is 13.2. The number of ketones is 1. The molecule has 2 atom stereocenters. The molecule has 1 aliphatic carbocycles. The van der Waals surface area contributed by atoms with Gasteiger partial charge in [0, 0.05) is 12.2 Å². The largest absolute Gasteiger partial charge is 0.385 e. The van der Waals surface area contributed by atoms with Crippen molar-refractivity contribution >= 4 is 5.78 Å². The Hall–Kier alpha value is -1.71. The van der Waals surface area contributed by atoms with Crippen LogP contribution in [0.4, 0.5) is 0 Å². The Morgan fingerprint density at radius 1 is 0.765 bits per heavy atom. The van der Waals surface area contributed by atoms with Crippen molar-refractivity contribution in [1.29, 1.82) is 0 Å². The summed E-state index contributed by atoms with van der Waals surface area (Å²) in [5.41, 5.74) is -0.750. The van der Waals surface area contributed by atoms with Crippen LogP contribution in [-0.2, 0) is 4.74 Å². The minimum absolute atomic E-state index is 0.183. The molecule has 1 N–H and O–H groups in total. The van der Waals surface area contributed by atoms with Crippen LogP contribution < -0.4 is 0 Å². The van der Waals surface area contributed by atoms with Gasteiger partial charge >= 0.3 is 0 Å². The van der Waals surface area contributed by atoms with Crippen molar-refractivity contribution in [2.75, 3.05) is 6.61 Å². The van der Waals surface area contributed by atoms with Gasteiger partial charge in [-0.05, 0) is 12.5 Å². The first-order valence-corrected chi connectivity index (χ1v) is 14.0. The standard InChI is InChI=1S/C31H48O3/c1-2-3-4-5-6-7-8-9-10-11-12-13-14-15-16-22-27-34-31(26-21-20-25-29(31)32)30(33)28-23-18-17-19-24-28/h17-21,23-26,29,32H,2-16,22,27H2,1H3. The Morgan fingerprint density at radius 3 is 1.76 bits per heavy atom. The van der Waals surface area contributed by atoms with E-state index in [1.54, 1.807) is 36.4 Å². The maximum Gasteiger partial charge on any atom is 0.201 e. The van der Waals surface area contributed by atoms with Crippen molar-refractivity contribution < 1.29 is 14.6 Å². The molecule has 3 nitrogen and oxygen atoms in total. The van der Waals surface area contributed by atoms with E-state index in [9.17, 15) is 9.90 Å². The Labute approximate surface area is 208 Å². The summed E-state index contributed by atoms with van der Waals surface area (Å²) in [4.78, 5) is 13.2. The molecule has 0 saturated heterocycles. The van der Waals surface area contributed by atoms with E-state index in [1.807, 2.05) is 18.2 Å². The molecule has 0 spiro atoms. The Balaban J connectivity index is 1.52. The van der Waals surface area contributed by atoms with Crippen LogP contribution in [0.5, 0.6) is 0 Å². The fourth-order valence-corrected chi connectivity index (χ4v) is 4.72. The minimum atomic E-state index is -1.31. The number of ether oxygens (including phenoxy) is 1. The molecule has 1 aromatic rings. The van der Waals surface area contributed by atoms with E-state index in [2.05, 4.69) is 6.92 Å². The molecule has 2 unspecified atom stereocenters. The Morgan fingerprint density at radius 2 is 1.26 bits per heavy atom. The molecular formula is C31H48O3. The lowest BCUT2D eigenvalue weighted by Gasteiger charge is -2.34. The summed E-state index contributed by atoms with van der Waals surface area (Å²) in [5.74, 6) is -0.183. The summed E-state index contributed by atoms with van der Waals surface area (Å²) in [6.07, 6.45) is 27.1. The van der Waals surface area contributed by atoms with Gasteiger partial charge in [-0.2, -0.15) is 0 Å². The summed E-state index contributed by atoms with van der Waals surface area (Å²) in [7, 11) is 0. The molecule has 2 rings (SSSR count). The first kappa shape index (κ1) is 28.5. The average Bonchev–Trinajstić information content (AvgIpc) is 2.87. The fourth-order valence-electron chi connectivity index (χ4n) is 4.72. The zero-order valence-corrected chi connectivity index (χ0v) is 21.6. The Kier molecular flexibility index (Phi) is 14.8. The number of allylic oxidation sites excluding steroid dienone is 2.